The van der Waals surface area contributed by atoms with Gasteiger partial charge in [-0.2, -0.15) is 0 Å². The van der Waals surface area contributed by atoms with Gasteiger partial charge in [-0.3, -0.25) is 9.69 Å². The summed E-state index contributed by atoms with van der Waals surface area (Å²) < 4.78 is 36.9. The number of esters is 2. The summed E-state index contributed by atoms with van der Waals surface area (Å²) in [6.45, 7) is 4.65. The van der Waals surface area contributed by atoms with Crippen LogP contribution in [-0.2, 0) is 33.2 Å². The van der Waals surface area contributed by atoms with Crippen LogP contribution in [0.3, 0.4) is 0 Å². The molecule has 5 saturated carbocycles. The zero-order chi connectivity index (χ0) is 33.0. The first kappa shape index (κ1) is 32.4. The number of piperidine rings is 1. The molecule has 1 saturated heterocycles. The van der Waals surface area contributed by atoms with Crippen LogP contribution in [0.25, 0.3) is 0 Å². The van der Waals surface area contributed by atoms with Gasteiger partial charge in [0.15, 0.2) is 6.10 Å². The molecular formula is C34H47NO11. The Kier molecular flexibility index (Phi) is 7.69. The van der Waals surface area contributed by atoms with E-state index in [1.165, 1.54) is 14.0 Å². The molecule has 1 aliphatic heterocycles. The van der Waals surface area contributed by atoms with Crippen molar-refractivity contribution in [1.29, 1.82) is 0 Å². The van der Waals surface area contributed by atoms with E-state index in [1.807, 2.05) is 6.92 Å². The van der Waals surface area contributed by atoms with E-state index in [1.54, 1.807) is 51.7 Å². The molecule has 1 spiro atoms. The lowest BCUT2D eigenvalue weighted by Gasteiger charge is -2.70. The van der Waals surface area contributed by atoms with Crippen LogP contribution in [0.4, 0.5) is 0 Å². The highest BCUT2D eigenvalue weighted by atomic mass is 16.6. The van der Waals surface area contributed by atoms with Crippen molar-refractivity contribution in [2.45, 2.75) is 80.6 Å². The summed E-state index contributed by atoms with van der Waals surface area (Å²) in [6, 6.07) is 8.18. The zero-order valence-electron chi connectivity index (χ0n) is 27.3. The lowest BCUT2D eigenvalue weighted by Crippen LogP contribution is -2.81. The average Bonchev–Trinajstić information content (AvgIpc) is 3.42. The Morgan fingerprint density at radius 2 is 1.67 bits per heavy atom. The summed E-state index contributed by atoms with van der Waals surface area (Å²) in [5, 5.41) is 38.4. The molecule has 6 fully saturated rings. The van der Waals surface area contributed by atoms with Crippen LogP contribution in [0.15, 0.2) is 30.3 Å². The number of carbonyl (C=O) groups is 2. The first-order chi connectivity index (χ1) is 22.0. The van der Waals surface area contributed by atoms with Crippen molar-refractivity contribution < 1.29 is 53.3 Å². The van der Waals surface area contributed by atoms with E-state index in [0.29, 0.717) is 25.1 Å². The monoisotopic (exact) mass is 645 g/mol. The van der Waals surface area contributed by atoms with Gasteiger partial charge in [0.05, 0.1) is 30.5 Å². The third kappa shape index (κ3) is 3.67. The maximum absolute atomic E-state index is 13.7. The molecule has 1 aromatic carbocycles. The number of hydrogen-bond donors (Lipinski definition) is 3. The van der Waals surface area contributed by atoms with E-state index in [4.69, 9.17) is 28.4 Å². The molecule has 0 radical (unpaired) electrons. The van der Waals surface area contributed by atoms with E-state index in [2.05, 4.69) is 4.90 Å². The summed E-state index contributed by atoms with van der Waals surface area (Å²) in [5.41, 5.74) is -4.95. The standard InChI is InChI=1S/C34H47NO11/c1-7-35-15-31(16-41-3)20(37)13-21(42-4)33-19-14-32(39)27(46-30(38)18-11-9-8-10-12-18)22(19)34(40,29(28(32)44-6)45-17(2)36)23(26(33)35)24(43-5)25(31)33/h8-12,19-29,37,39-40H,7,13-16H2,1-6H3/t19-,20-,21+,22-,23+,24+,25-,26?,27-,28+,29+,31+,32-,33+,34-/m1/s1. The fourth-order valence-electron chi connectivity index (χ4n) is 12.2. The number of hydrogen-bond acceptors (Lipinski definition) is 12. The number of aliphatic hydroxyl groups excluding tert-OH is 1. The number of fused-ring (bicyclic) bond motifs is 2. The summed E-state index contributed by atoms with van der Waals surface area (Å²) in [5.74, 6) is -3.74. The van der Waals surface area contributed by atoms with Gasteiger partial charge in [-0.1, -0.05) is 25.1 Å². The van der Waals surface area contributed by atoms with Crippen molar-refractivity contribution in [2.24, 2.45) is 34.5 Å². The lowest BCUT2D eigenvalue weighted by molar-refractivity contribution is -0.321. The van der Waals surface area contributed by atoms with Crippen LogP contribution >= 0.6 is 0 Å². The third-order valence-corrected chi connectivity index (χ3v) is 13.1. The highest BCUT2D eigenvalue weighted by Gasteiger charge is 2.91. The summed E-state index contributed by atoms with van der Waals surface area (Å²) in [6.07, 6.45) is -5.26. The number of rotatable bonds is 9. The smallest absolute Gasteiger partial charge is 0.338 e. The first-order valence-corrected chi connectivity index (χ1v) is 16.3. The Labute approximate surface area is 269 Å². The van der Waals surface area contributed by atoms with E-state index in [9.17, 15) is 24.9 Å². The molecule has 1 aromatic rings. The lowest BCUT2D eigenvalue weighted by atomic mass is 9.42. The number of methoxy groups -OCH3 is 4. The van der Waals surface area contributed by atoms with Crippen molar-refractivity contribution in [3.63, 3.8) is 0 Å². The predicted molar refractivity (Wildman–Crippen MR) is 160 cm³/mol. The molecule has 5 aliphatic carbocycles. The van der Waals surface area contributed by atoms with Gasteiger partial charge in [-0.25, -0.2) is 4.79 Å². The maximum atomic E-state index is 13.7. The minimum Gasteiger partial charge on any atom is -0.457 e. The van der Waals surface area contributed by atoms with Crippen LogP contribution in [0.1, 0.15) is 37.0 Å². The molecule has 7 rings (SSSR count). The number of likely N-dealkylation sites (tertiary alicyclic amines) is 1. The fourth-order valence-corrected chi connectivity index (χ4v) is 12.2. The molecule has 46 heavy (non-hydrogen) atoms. The maximum Gasteiger partial charge on any atom is 0.338 e. The summed E-state index contributed by atoms with van der Waals surface area (Å²) in [4.78, 5) is 28.8. The van der Waals surface area contributed by atoms with Gasteiger partial charge in [0.1, 0.15) is 23.4 Å². The third-order valence-electron chi connectivity index (χ3n) is 13.1. The number of ether oxygens (including phenoxy) is 6. The molecule has 7 bridgehead atoms. The van der Waals surface area contributed by atoms with Gasteiger partial charge in [-0.05, 0) is 31.0 Å². The van der Waals surface area contributed by atoms with E-state index in [-0.39, 0.29) is 25.0 Å². The second kappa shape index (κ2) is 10.9. The Morgan fingerprint density at radius 1 is 0.957 bits per heavy atom. The Balaban J connectivity index is 1.51. The zero-order valence-corrected chi connectivity index (χ0v) is 27.3. The number of benzene rings is 1. The van der Waals surface area contributed by atoms with Gasteiger partial charge in [0.2, 0.25) is 0 Å². The fraction of sp³-hybridized carbons (Fsp3) is 0.765. The van der Waals surface area contributed by atoms with E-state index < -0.39 is 88.3 Å². The van der Waals surface area contributed by atoms with Gasteiger partial charge in [0.25, 0.3) is 0 Å². The molecular weight excluding hydrogens is 598 g/mol. The van der Waals surface area contributed by atoms with Crippen molar-refractivity contribution in [2.75, 3.05) is 48.1 Å². The topological polar surface area (TPSA) is 153 Å². The Bertz CT molecular complexity index is 1360. The van der Waals surface area contributed by atoms with Crippen molar-refractivity contribution >= 4 is 11.9 Å². The molecule has 0 amide bonds. The molecule has 6 aliphatic rings. The quantitative estimate of drug-likeness (QED) is 0.323. The second-order valence-corrected chi connectivity index (χ2v) is 14.4. The summed E-state index contributed by atoms with van der Waals surface area (Å²) in [7, 11) is 6.27. The van der Waals surface area contributed by atoms with Crippen LogP contribution in [-0.4, -0.2) is 134 Å². The van der Waals surface area contributed by atoms with Gasteiger partial charge < -0.3 is 43.7 Å². The number of aliphatic hydroxyl groups is 3. The molecule has 3 N–H and O–H groups in total. The molecule has 1 unspecified atom stereocenters. The molecule has 15 atom stereocenters. The predicted octanol–water partition coefficient (Wildman–Crippen LogP) is 0.648. The molecule has 0 aromatic heterocycles. The minimum atomic E-state index is -1.87. The molecule has 1 heterocycles. The van der Waals surface area contributed by atoms with Crippen LogP contribution in [0.2, 0.25) is 0 Å². The number of carbonyl (C=O) groups excluding carboxylic acids is 2. The second-order valence-electron chi connectivity index (χ2n) is 14.4. The van der Waals surface area contributed by atoms with Gasteiger partial charge in [-0.15, -0.1) is 0 Å². The van der Waals surface area contributed by atoms with Crippen LogP contribution in [0, 0.1) is 34.5 Å². The van der Waals surface area contributed by atoms with Crippen LogP contribution < -0.4 is 0 Å². The first-order valence-electron chi connectivity index (χ1n) is 16.3. The highest BCUT2D eigenvalue weighted by molar-refractivity contribution is 5.89. The van der Waals surface area contributed by atoms with Crippen molar-refractivity contribution in [1.82, 2.24) is 4.90 Å². The van der Waals surface area contributed by atoms with Crippen LogP contribution in [0.5, 0.6) is 0 Å². The van der Waals surface area contributed by atoms with E-state index in [0.717, 1.165) is 0 Å². The SMILES string of the molecule is CCN1C[C@]2(COC)[C@H](O)C[C@H](OC)[C@]34C1[C@H]([C@H](OC)[C@H]23)[C@]1(O)[C@H]2[C@@H](OC(=O)c3ccccc3)[C@](O)(C[C@H]24)[C@@H](OC)[C@@H]1OC(C)=O. The molecule has 12 nitrogen and oxygen atoms in total. The molecule has 12 heteroatoms. The highest BCUT2D eigenvalue weighted by Crippen LogP contribution is 2.80. The summed E-state index contributed by atoms with van der Waals surface area (Å²) >= 11 is 0. The van der Waals surface area contributed by atoms with E-state index >= 15 is 0 Å². The van der Waals surface area contributed by atoms with Crippen molar-refractivity contribution in [3.05, 3.63) is 35.9 Å². The average molecular weight is 646 g/mol. The number of nitrogens with zero attached hydrogens (tertiary/aromatic N) is 1. The Morgan fingerprint density at radius 3 is 2.26 bits per heavy atom. The Hall–Kier alpha value is -2.16. The van der Waals surface area contributed by atoms with Gasteiger partial charge in [0, 0.05) is 83.0 Å². The minimum absolute atomic E-state index is 0.0791. The normalized spacial score (nSPS) is 49.9. The molecule has 254 valence electrons. The largest absolute Gasteiger partial charge is 0.457 e. The van der Waals surface area contributed by atoms with Crippen molar-refractivity contribution in [3.8, 4) is 0 Å². The van der Waals surface area contributed by atoms with Gasteiger partial charge >= 0.3 is 11.9 Å².